The van der Waals surface area contributed by atoms with Crippen molar-refractivity contribution in [3.63, 3.8) is 0 Å². The van der Waals surface area contributed by atoms with Crippen LogP contribution < -0.4 is 4.90 Å². The number of piperazine rings is 1. The van der Waals surface area contributed by atoms with Crippen molar-refractivity contribution >= 4 is 23.7 Å². The molecule has 4 rings (SSSR count). The van der Waals surface area contributed by atoms with Gasteiger partial charge in [0.05, 0.1) is 13.2 Å². The number of hydrogen-bond acceptors (Lipinski definition) is 6. The predicted molar refractivity (Wildman–Crippen MR) is 102 cm³/mol. The lowest BCUT2D eigenvalue weighted by Crippen LogP contribution is -2.51. The van der Waals surface area contributed by atoms with Crippen LogP contribution in [0.3, 0.4) is 0 Å². The summed E-state index contributed by atoms with van der Waals surface area (Å²) in [5.41, 5.74) is 0.808. The number of pyridine rings is 1. The number of rotatable bonds is 5. The maximum Gasteiger partial charge on any atom is 0.335 e. The minimum absolute atomic E-state index is 0.105. The van der Waals surface area contributed by atoms with Crippen LogP contribution in [0.2, 0.25) is 0 Å². The number of nitrogens with zero attached hydrogens (tertiary/aromatic N) is 5. The molecule has 0 saturated carbocycles. The number of anilines is 1. The molecule has 0 aliphatic carbocycles. The molecule has 0 atom stereocenters. The molecule has 2 fully saturated rings. The number of hydrogen-bond donors (Lipinski definition) is 0. The highest BCUT2D eigenvalue weighted by molar-refractivity contribution is 6.44. The van der Waals surface area contributed by atoms with Crippen LogP contribution in [-0.2, 0) is 16.1 Å². The van der Waals surface area contributed by atoms with Gasteiger partial charge in [-0.3, -0.25) is 19.4 Å². The minimum Gasteiger partial charge on any atom is -0.354 e. The van der Waals surface area contributed by atoms with Gasteiger partial charge in [0.25, 0.3) is 0 Å². The van der Waals surface area contributed by atoms with Gasteiger partial charge in [0.15, 0.2) is 0 Å². The number of aromatic nitrogens is 1. The van der Waals surface area contributed by atoms with Gasteiger partial charge in [0.1, 0.15) is 5.82 Å². The molecule has 0 bridgehead atoms. The highest BCUT2D eigenvalue weighted by Gasteiger charge is 2.45. The first-order chi connectivity index (χ1) is 13.6. The van der Waals surface area contributed by atoms with Crippen molar-refractivity contribution in [3.8, 4) is 0 Å². The standard InChI is InChI=1S/C20H21N5O3/c26-18-19(27)25(20(28)24(18)14-16-6-2-1-3-7-16)15-22-10-12-23(13-11-22)17-8-4-5-9-21-17/h1-9H,10-15H2. The van der Waals surface area contributed by atoms with E-state index < -0.39 is 17.8 Å². The Bertz CT molecular complexity index is 866. The average molecular weight is 379 g/mol. The monoisotopic (exact) mass is 379 g/mol. The SMILES string of the molecule is O=C1C(=O)N(CN2CCN(c3ccccn3)CC2)C(=O)N1Cc1ccccc1. The van der Waals surface area contributed by atoms with E-state index in [4.69, 9.17) is 0 Å². The Morgan fingerprint density at radius 2 is 1.46 bits per heavy atom. The largest absolute Gasteiger partial charge is 0.354 e. The molecule has 2 aliphatic heterocycles. The second kappa shape index (κ2) is 7.77. The van der Waals surface area contributed by atoms with Gasteiger partial charge in [-0.2, -0.15) is 0 Å². The van der Waals surface area contributed by atoms with Crippen molar-refractivity contribution in [2.75, 3.05) is 37.7 Å². The fourth-order valence-corrected chi connectivity index (χ4v) is 3.44. The van der Waals surface area contributed by atoms with Crippen molar-refractivity contribution in [1.82, 2.24) is 19.7 Å². The fraction of sp³-hybridized carbons (Fsp3) is 0.300. The van der Waals surface area contributed by atoms with E-state index in [1.807, 2.05) is 53.4 Å². The zero-order valence-electron chi connectivity index (χ0n) is 15.4. The summed E-state index contributed by atoms with van der Waals surface area (Å²) in [6, 6.07) is 14.4. The zero-order chi connectivity index (χ0) is 19.5. The normalized spacial score (nSPS) is 18.3. The quantitative estimate of drug-likeness (QED) is 0.573. The molecule has 0 spiro atoms. The van der Waals surface area contributed by atoms with Crippen LogP contribution in [0, 0.1) is 0 Å². The molecule has 2 aliphatic rings. The lowest BCUT2D eigenvalue weighted by molar-refractivity contribution is -0.144. The number of urea groups is 1. The number of carbonyl (C=O) groups excluding carboxylic acids is 3. The lowest BCUT2D eigenvalue weighted by atomic mass is 10.2. The number of carbonyl (C=O) groups is 3. The van der Waals surface area contributed by atoms with Crippen molar-refractivity contribution < 1.29 is 14.4 Å². The topological polar surface area (TPSA) is 77.1 Å². The Kier molecular flexibility index (Phi) is 5.03. The molecule has 28 heavy (non-hydrogen) atoms. The summed E-state index contributed by atoms with van der Waals surface area (Å²) in [4.78, 5) is 47.9. The molecule has 2 aromatic rings. The van der Waals surface area contributed by atoms with E-state index in [2.05, 4.69) is 9.88 Å². The van der Waals surface area contributed by atoms with Crippen molar-refractivity contribution in [2.45, 2.75) is 6.54 Å². The summed E-state index contributed by atoms with van der Waals surface area (Å²) in [6.07, 6.45) is 1.76. The first kappa shape index (κ1) is 18.1. The van der Waals surface area contributed by atoms with Gasteiger partial charge < -0.3 is 4.90 Å². The van der Waals surface area contributed by atoms with Crippen LogP contribution in [0.4, 0.5) is 10.6 Å². The Hall–Kier alpha value is -3.26. The first-order valence-corrected chi connectivity index (χ1v) is 9.23. The van der Waals surface area contributed by atoms with Crippen molar-refractivity contribution in [1.29, 1.82) is 0 Å². The Balaban J connectivity index is 1.37. The minimum atomic E-state index is -0.763. The first-order valence-electron chi connectivity index (χ1n) is 9.23. The van der Waals surface area contributed by atoms with Crippen LogP contribution in [0.1, 0.15) is 5.56 Å². The van der Waals surface area contributed by atoms with Crippen LogP contribution >= 0.6 is 0 Å². The van der Waals surface area contributed by atoms with Crippen LogP contribution in [-0.4, -0.2) is 70.4 Å². The van der Waals surface area contributed by atoms with E-state index in [1.165, 1.54) is 0 Å². The summed E-state index contributed by atoms with van der Waals surface area (Å²) < 4.78 is 0. The maximum atomic E-state index is 12.7. The number of amides is 4. The molecule has 8 nitrogen and oxygen atoms in total. The fourth-order valence-electron chi connectivity index (χ4n) is 3.44. The molecule has 144 valence electrons. The smallest absolute Gasteiger partial charge is 0.335 e. The molecular formula is C20H21N5O3. The summed E-state index contributed by atoms with van der Waals surface area (Å²) in [5, 5.41) is 0. The average Bonchev–Trinajstić information content (AvgIpc) is 2.94. The van der Waals surface area contributed by atoms with Gasteiger partial charge in [-0.25, -0.2) is 14.7 Å². The third-order valence-electron chi connectivity index (χ3n) is 5.01. The third kappa shape index (κ3) is 3.59. The number of imide groups is 2. The molecule has 4 amide bonds. The lowest BCUT2D eigenvalue weighted by Gasteiger charge is -2.36. The summed E-state index contributed by atoms with van der Waals surface area (Å²) >= 11 is 0. The van der Waals surface area contributed by atoms with Gasteiger partial charge in [0, 0.05) is 32.4 Å². The Labute approximate surface area is 163 Å². The summed E-state index contributed by atoms with van der Waals surface area (Å²) in [5.74, 6) is -0.603. The van der Waals surface area contributed by atoms with Gasteiger partial charge in [-0.15, -0.1) is 0 Å². The molecule has 0 unspecified atom stereocenters. The highest BCUT2D eigenvalue weighted by atomic mass is 16.2. The predicted octanol–water partition coefficient (Wildman–Crippen LogP) is 1.15. The number of benzene rings is 1. The van der Waals surface area contributed by atoms with Gasteiger partial charge in [-0.05, 0) is 17.7 Å². The highest BCUT2D eigenvalue weighted by Crippen LogP contribution is 2.18. The molecule has 0 radical (unpaired) electrons. The molecule has 2 saturated heterocycles. The zero-order valence-corrected chi connectivity index (χ0v) is 15.4. The van der Waals surface area contributed by atoms with E-state index in [0.29, 0.717) is 13.1 Å². The molecule has 1 aromatic heterocycles. The third-order valence-corrected chi connectivity index (χ3v) is 5.01. The van der Waals surface area contributed by atoms with Crippen molar-refractivity contribution in [3.05, 3.63) is 60.3 Å². The molecule has 0 N–H and O–H groups in total. The van der Waals surface area contributed by atoms with Crippen LogP contribution in [0.15, 0.2) is 54.7 Å². The van der Waals surface area contributed by atoms with Gasteiger partial charge in [0.2, 0.25) is 0 Å². The summed E-state index contributed by atoms with van der Waals surface area (Å²) in [6.45, 7) is 3.09. The molecule has 1 aromatic carbocycles. The second-order valence-electron chi connectivity index (χ2n) is 6.83. The van der Waals surface area contributed by atoms with Crippen LogP contribution in [0.25, 0.3) is 0 Å². The van der Waals surface area contributed by atoms with E-state index in [1.54, 1.807) is 6.20 Å². The second-order valence-corrected chi connectivity index (χ2v) is 6.83. The van der Waals surface area contributed by atoms with Gasteiger partial charge in [-0.1, -0.05) is 36.4 Å². The Morgan fingerprint density at radius 1 is 0.786 bits per heavy atom. The van der Waals surface area contributed by atoms with Crippen molar-refractivity contribution in [2.24, 2.45) is 0 Å². The molecule has 8 heteroatoms. The Morgan fingerprint density at radius 3 is 2.14 bits per heavy atom. The maximum absolute atomic E-state index is 12.7. The van der Waals surface area contributed by atoms with E-state index in [-0.39, 0.29) is 13.2 Å². The van der Waals surface area contributed by atoms with E-state index >= 15 is 0 Å². The molecular weight excluding hydrogens is 358 g/mol. The van der Waals surface area contributed by atoms with E-state index in [9.17, 15) is 14.4 Å². The van der Waals surface area contributed by atoms with Crippen LogP contribution in [0.5, 0.6) is 0 Å². The van der Waals surface area contributed by atoms with Gasteiger partial charge >= 0.3 is 17.8 Å². The summed E-state index contributed by atoms with van der Waals surface area (Å²) in [7, 11) is 0. The molecule has 3 heterocycles. The van der Waals surface area contributed by atoms with E-state index in [0.717, 1.165) is 34.3 Å².